The van der Waals surface area contributed by atoms with Crippen LogP contribution >= 0.6 is 11.6 Å². The van der Waals surface area contributed by atoms with Gasteiger partial charge >= 0.3 is 11.6 Å². The minimum absolute atomic E-state index is 0.152. The summed E-state index contributed by atoms with van der Waals surface area (Å²) >= 11 is 6.34. The van der Waals surface area contributed by atoms with E-state index in [-0.39, 0.29) is 12.0 Å². The molecule has 6 heteroatoms. The largest absolute Gasteiger partial charge is 0.488 e. The van der Waals surface area contributed by atoms with Gasteiger partial charge in [0.15, 0.2) is 0 Å². The van der Waals surface area contributed by atoms with Crippen LogP contribution in [0.2, 0.25) is 5.02 Å². The highest BCUT2D eigenvalue weighted by Gasteiger charge is 2.17. The van der Waals surface area contributed by atoms with E-state index >= 15 is 0 Å². The van der Waals surface area contributed by atoms with Gasteiger partial charge in [-0.05, 0) is 30.2 Å². The van der Waals surface area contributed by atoms with Crippen LogP contribution in [-0.4, -0.2) is 19.7 Å². The molecule has 5 nitrogen and oxygen atoms in total. The Balaban J connectivity index is 1.84. The van der Waals surface area contributed by atoms with Crippen molar-refractivity contribution in [2.75, 3.05) is 13.7 Å². The monoisotopic (exact) mass is 398 g/mol. The van der Waals surface area contributed by atoms with Crippen LogP contribution in [0.15, 0.2) is 57.8 Å². The van der Waals surface area contributed by atoms with E-state index in [1.807, 2.05) is 42.5 Å². The Morgan fingerprint density at radius 2 is 1.96 bits per heavy atom. The number of carbonyl (C=O) groups excluding carboxylic acids is 1. The van der Waals surface area contributed by atoms with Crippen LogP contribution in [0.3, 0.4) is 0 Å². The number of fused-ring (bicyclic) bond motifs is 1. The van der Waals surface area contributed by atoms with E-state index in [1.165, 1.54) is 7.11 Å². The van der Waals surface area contributed by atoms with Gasteiger partial charge in [-0.2, -0.15) is 0 Å². The molecule has 3 rings (SSSR count). The van der Waals surface area contributed by atoms with Crippen molar-refractivity contribution in [2.45, 2.75) is 13.3 Å². The number of methoxy groups -OCH3 is 1. The average Bonchev–Trinajstić information content (AvgIpc) is 2.70. The lowest BCUT2D eigenvalue weighted by atomic mass is 10.0. The van der Waals surface area contributed by atoms with E-state index in [2.05, 4.69) is 4.74 Å². The maximum atomic E-state index is 12.3. The Hall–Kier alpha value is -3.05. The molecule has 0 aliphatic rings. The molecule has 0 radical (unpaired) electrons. The molecule has 0 N–H and O–H groups in total. The Labute approximate surface area is 167 Å². The first-order chi connectivity index (χ1) is 13.5. The van der Waals surface area contributed by atoms with Gasteiger partial charge in [-0.15, -0.1) is 0 Å². The number of hydrogen-bond donors (Lipinski definition) is 0. The molecule has 0 amide bonds. The maximum Gasteiger partial charge on any atom is 0.340 e. The fourth-order valence-electron chi connectivity index (χ4n) is 2.81. The second kappa shape index (κ2) is 8.76. The van der Waals surface area contributed by atoms with E-state index < -0.39 is 11.6 Å². The molecule has 0 atom stereocenters. The van der Waals surface area contributed by atoms with E-state index in [1.54, 1.807) is 19.1 Å². The first-order valence-electron chi connectivity index (χ1n) is 8.66. The lowest BCUT2D eigenvalue weighted by Gasteiger charge is -2.10. The first kappa shape index (κ1) is 19.7. The van der Waals surface area contributed by atoms with Crippen molar-refractivity contribution in [1.29, 1.82) is 0 Å². The molecule has 0 spiro atoms. The van der Waals surface area contributed by atoms with E-state index in [9.17, 15) is 9.59 Å². The minimum Gasteiger partial charge on any atom is -0.488 e. The third kappa shape index (κ3) is 4.43. The van der Waals surface area contributed by atoms with Crippen molar-refractivity contribution in [1.82, 2.24) is 0 Å². The van der Waals surface area contributed by atoms with Gasteiger partial charge in [0, 0.05) is 11.5 Å². The molecule has 0 saturated heterocycles. The quantitative estimate of drug-likeness (QED) is 0.449. The number of aryl methyl sites for hydroxylation is 1. The van der Waals surface area contributed by atoms with E-state index in [4.69, 9.17) is 20.8 Å². The van der Waals surface area contributed by atoms with Crippen molar-refractivity contribution < 1.29 is 18.7 Å². The summed E-state index contributed by atoms with van der Waals surface area (Å²) in [6.45, 7) is 2.06. The summed E-state index contributed by atoms with van der Waals surface area (Å²) in [5.41, 5.74) is 1.73. The normalized spacial score (nSPS) is 11.1. The number of rotatable bonds is 6. The van der Waals surface area contributed by atoms with Gasteiger partial charge in [-0.1, -0.05) is 48.0 Å². The molecule has 1 heterocycles. The summed E-state index contributed by atoms with van der Waals surface area (Å²) < 4.78 is 15.7. The van der Waals surface area contributed by atoms with Crippen LogP contribution in [0.4, 0.5) is 0 Å². The molecule has 0 aliphatic carbocycles. The van der Waals surface area contributed by atoms with Crippen molar-refractivity contribution in [3.8, 4) is 5.75 Å². The third-order valence-electron chi connectivity index (χ3n) is 4.33. The smallest absolute Gasteiger partial charge is 0.340 e. The molecule has 2 aromatic carbocycles. The van der Waals surface area contributed by atoms with Crippen molar-refractivity contribution in [3.05, 3.63) is 80.7 Å². The second-order valence-electron chi connectivity index (χ2n) is 6.15. The van der Waals surface area contributed by atoms with Gasteiger partial charge in [-0.3, -0.25) is 4.79 Å². The van der Waals surface area contributed by atoms with Crippen molar-refractivity contribution in [2.24, 2.45) is 0 Å². The molecular weight excluding hydrogens is 380 g/mol. The van der Waals surface area contributed by atoms with Gasteiger partial charge in [0.2, 0.25) is 0 Å². The Morgan fingerprint density at radius 3 is 2.68 bits per heavy atom. The lowest BCUT2D eigenvalue weighted by Crippen LogP contribution is -2.16. The standard InChI is InChI=1S/C22H19ClO5/c1-14-16-11-18(23)20(27-10-6-9-15-7-4-3-5-8-15)13-19(16)28-22(25)17(14)12-21(24)26-2/h3-9,11,13H,10,12H2,1-2H3. The molecule has 0 fully saturated rings. The minimum atomic E-state index is -0.576. The fraction of sp³-hybridized carbons (Fsp3) is 0.182. The van der Waals surface area contributed by atoms with Crippen LogP contribution in [0, 0.1) is 6.92 Å². The zero-order valence-electron chi connectivity index (χ0n) is 15.5. The topological polar surface area (TPSA) is 65.7 Å². The summed E-state index contributed by atoms with van der Waals surface area (Å²) in [6, 6.07) is 13.1. The van der Waals surface area contributed by atoms with Gasteiger partial charge in [0.05, 0.1) is 24.1 Å². The van der Waals surface area contributed by atoms with Crippen molar-refractivity contribution in [3.63, 3.8) is 0 Å². The van der Waals surface area contributed by atoms with E-state index in [0.717, 1.165) is 5.56 Å². The highest BCUT2D eigenvalue weighted by atomic mass is 35.5. The number of hydrogen-bond acceptors (Lipinski definition) is 5. The van der Waals surface area contributed by atoms with Crippen molar-refractivity contribution >= 4 is 34.6 Å². The van der Waals surface area contributed by atoms with Crippen LogP contribution in [0.5, 0.6) is 5.75 Å². The van der Waals surface area contributed by atoms with Crippen LogP contribution in [0.1, 0.15) is 16.7 Å². The summed E-state index contributed by atoms with van der Waals surface area (Å²) in [6.07, 6.45) is 3.66. The van der Waals surface area contributed by atoms with Gasteiger partial charge in [0.25, 0.3) is 0 Å². The summed E-state index contributed by atoms with van der Waals surface area (Å²) in [5.74, 6) is -0.0962. The molecular formula is C22H19ClO5. The number of benzene rings is 2. The fourth-order valence-corrected chi connectivity index (χ4v) is 3.03. The molecule has 144 valence electrons. The third-order valence-corrected chi connectivity index (χ3v) is 4.63. The molecule has 3 aromatic rings. The predicted octanol–water partition coefficient (Wildman–Crippen LogP) is 4.56. The number of esters is 1. The number of carbonyl (C=O) groups is 1. The van der Waals surface area contributed by atoms with Gasteiger partial charge in [-0.25, -0.2) is 4.79 Å². The lowest BCUT2D eigenvalue weighted by molar-refractivity contribution is -0.139. The summed E-state index contributed by atoms with van der Waals surface area (Å²) in [5, 5.41) is 1.04. The van der Waals surface area contributed by atoms with Crippen LogP contribution in [-0.2, 0) is 16.0 Å². The highest BCUT2D eigenvalue weighted by Crippen LogP contribution is 2.32. The Kier molecular flexibility index (Phi) is 6.16. The summed E-state index contributed by atoms with van der Waals surface area (Å²) in [4.78, 5) is 23.8. The number of ether oxygens (including phenoxy) is 2. The zero-order chi connectivity index (χ0) is 20.1. The predicted molar refractivity (Wildman–Crippen MR) is 109 cm³/mol. The molecule has 0 saturated carbocycles. The van der Waals surface area contributed by atoms with E-state index in [0.29, 0.717) is 33.9 Å². The van der Waals surface area contributed by atoms with Crippen LogP contribution < -0.4 is 10.4 Å². The molecule has 28 heavy (non-hydrogen) atoms. The summed E-state index contributed by atoms with van der Waals surface area (Å²) in [7, 11) is 1.27. The Bertz CT molecular complexity index is 1080. The number of halogens is 1. The second-order valence-corrected chi connectivity index (χ2v) is 6.56. The van der Waals surface area contributed by atoms with Gasteiger partial charge in [0.1, 0.15) is 17.9 Å². The molecule has 0 unspecified atom stereocenters. The molecule has 0 bridgehead atoms. The first-order valence-corrected chi connectivity index (χ1v) is 9.04. The average molecular weight is 399 g/mol. The SMILES string of the molecule is COC(=O)Cc1c(C)c2cc(Cl)c(OCC=Cc3ccccc3)cc2oc1=O. The van der Waals surface area contributed by atoms with Crippen LogP contribution in [0.25, 0.3) is 17.0 Å². The molecule has 0 aliphatic heterocycles. The zero-order valence-corrected chi connectivity index (χ0v) is 16.3. The highest BCUT2D eigenvalue weighted by molar-refractivity contribution is 6.32. The Morgan fingerprint density at radius 1 is 1.21 bits per heavy atom. The van der Waals surface area contributed by atoms with Gasteiger partial charge < -0.3 is 13.9 Å². The maximum absolute atomic E-state index is 12.3. The molecule has 1 aromatic heterocycles.